The molecule has 3 N–H and O–H groups in total. The highest BCUT2D eigenvalue weighted by Gasteiger charge is 2.32. The van der Waals surface area contributed by atoms with Crippen LogP contribution in [0.2, 0.25) is 0 Å². The zero-order valence-corrected chi connectivity index (χ0v) is 15.8. The van der Waals surface area contributed by atoms with Crippen molar-refractivity contribution < 1.29 is 9.90 Å². The van der Waals surface area contributed by atoms with Gasteiger partial charge in [-0.05, 0) is 30.9 Å². The van der Waals surface area contributed by atoms with Crippen LogP contribution in [0.1, 0.15) is 25.3 Å². The lowest BCUT2D eigenvalue weighted by Crippen LogP contribution is -2.53. The number of amides is 1. The molecule has 28 heavy (non-hydrogen) atoms. The third kappa shape index (κ3) is 3.63. The first-order valence-electron chi connectivity index (χ1n) is 9.65. The molecule has 0 unspecified atom stereocenters. The average Bonchev–Trinajstić information content (AvgIpc) is 3.13. The Morgan fingerprint density at radius 3 is 2.79 bits per heavy atom. The lowest BCUT2D eigenvalue weighted by molar-refractivity contribution is -0.123. The zero-order valence-electron chi connectivity index (χ0n) is 15.8. The predicted molar refractivity (Wildman–Crippen MR) is 105 cm³/mol. The number of benzene rings is 1. The highest BCUT2D eigenvalue weighted by atomic mass is 16.3. The molecule has 0 aliphatic carbocycles. The van der Waals surface area contributed by atoms with Gasteiger partial charge in [0.1, 0.15) is 17.1 Å². The Morgan fingerprint density at radius 2 is 2.07 bits per heavy atom. The maximum atomic E-state index is 12.5. The van der Waals surface area contributed by atoms with Crippen molar-refractivity contribution in [1.29, 1.82) is 5.26 Å². The van der Waals surface area contributed by atoms with Crippen LogP contribution in [-0.4, -0.2) is 58.8 Å². The Kier molecular flexibility index (Phi) is 5.11. The van der Waals surface area contributed by atoms with Crippen LogP contribution in [0.4, 0.5) is 5.69 Å². The largest absolute Gasteiger partial charge is 0.392 e. The predicted octanol–water partition coefficient (Wildman–Crippen LogP) is 0.555. The Hall–Kier alpha value is -2.76. The second-order valence-corrected chi connectivity index (χ2v) is 7.80. The van der Waals surface area contributed by atoms with E-state index >= 15 is 0 Å². The molecular formula is C20H24N6O2. The van der Waals surface area contributed by atoms with Crippen molar-refractivity contribution in [2.24, 2.45) is 5.92 Å². The van der Waals surface area contributed by atoms with Crippen LogP contribution >= 0.6 is 0 Å². The number of aliphatic hydroxyl groups is 1. The van der Waals surface area contributed by atoms with E-state index in [4.69, 9.17) is 0 Å². The summed E-state index contributed by atoms with van der Waals surface area (Å²) in [5.74, 6) is 0.337. The topological polar surface area (TPSA) is 114 Å². The number of hydrogen-bond acceptors (Lipinski definition) is 7. The van der Waals surface area contributed by atoms with Gasteiger partial charge in [0, 0.05) is 38.1 Å². The molecule has 2 aromatic rings. The van der Waals surface area contributed by atoms with Gasteiger partial charge >= 0.3 is 0 Å². The summed E-state index contributed by atoms with van der Waals surface area (Å²) in [5, 5.41) is 25.2. The van der Waals surface area contributed by atoms with E-state index in [1.165, 1.54) is 0 Å². The minimum atomic E-state index is -0.457. The zero-order chi connectivity index (χ0) is 19.7. The number of aromatic nitrogens is 2. The summed E-state index contributed by atoms with van der Waals surface area (Å²) in [6.45, 7) is 4.15. The molecule has 0 radical (unpaired) electrons. The maximum absolute atomic E-state index is 12.5. The van der Waals surface area contributed by atoms with Gasteiger partial charge in [-0.2, -0.15) is 5.26 Å². The molecule has 1 aromatic heterocycles. The van der Waals surface area contributed by atoms with Crippen molar-refractivity contribution >= 4 is 22.6 Å². The van der Waals surface area contributed by atoms with E-state index in [0.717, 1.165) is 18.7 Å². The third-order valence-corrected chi connectivity index (χ3v) is 5.50. The minimum Gasteiger partial charge on any atom is -0.392 e. The summed E-state index contributed by atoms with van der Waals surface area (Å²) in [7, 11) is 0. The molecule has 1 amide bonds. The first kappa shape index (κ1) is 18.6. The van der Waals surface area contributed by atoms with Gasteiger partial charge < -0.3 is 20.6 Å². The van der Waals surface area contributed by atoms with Crippen LogP contribution in [0.3, 0.4) is 0 Å². The SMILES string of the molecule is C[C@H]1C[C@@H](NC(=O)[C@@H]2C[C@H](O)CN2)CN(c2ccc(C#N)c3nccnc23)C1. The van der Waals surface area contributed by atoms with E-state index in [9.17, 15) is 15.2 Å². The molecule has 2 fully saturated rings. The van der Waals surface area contributed by atoms with E-state index in [2.05, 4.69) is 38.5 Å². The molecule has 8 heteroatoms. The van der Waals surface area contributed by atoms with E-state index in [1.54, 1.807) is 18.5 Å². The van der Waals surface area contributed by atoms with Gasteiger partial charge in [0.15, 0.2) is 0 Å². The Morgan fingerprint density at radius 1 is 1.29 bits per heavy atom. The number of hydrogen-bond donors (Lipinski definition) is 3. The standard InChI is InChI=1S/C20H24N6O2/c1-12-6-14(25-20(28)16-7-15(27)9-24-16)11-26(10-12)17-3-2-13(8-21)18-19(17)23-5-4-22-18/h2-5,12,14-16,24,27H,6-7,9-11H2,1H3,(H,25,28)/t12-,14+,15-,16-/m0/s1. The number of nitrogens with zero attached hydrogens (tertiary/aromatic N) is 4. The molecule has 0 bridgehead atoms. The molecule has 8 nitrogen and oxygen atoms in total. The quantitative estimate of drug-likeness (QED) is 0.713. The van der Waals surface area contributed by atoms with Crippen molar-refractivity contribution in [2.75, 3.05) is 24.5 Å². The van der Waals surface area contributed by atoms with Crippen LogP contribution in [0, 0.1) is 17.2 Å². The summed E-state index contributed by atoms with van der Waals surface area (Å²) in [6.07, 6.45) is 4.13. The smallest absolute Gasteiger partial charge is 0.237 e. The summed E-state index contributed by atoms with van der Waals surface area (Å²) < 4.78 is 0. The first-order chi connectivity index (χ1) is 13.5. The van der Waals surface area contributed by atoms with E-state index in [1.807, 2.05) is 6.07 Å². The average molecular weight is 380 g/mol. The van der Waals surface area contributed by atoms with Crippen molar-refractivity contribution in [3.8, 4) is 6.07 Å². The van der Waals surface area contributed by atoms with Crippen molar-refractivity contribution in [3.05, 3.63) is 30.1 Å². The van der Waals surface area contributed by atoms with Gasteiger partial charge in [0.2, 0.25) is 5.91 Å². The summed E-state index contributed by atoms with van der Waals surface area (Å²) in [4.78, 5) is 23.6. The Bertz CT molecular complexity index is 927. The molecule has 0 spiro atoms. The van der Waals surface area contributed by atoms with Crippen LogP contribution in [0.25, 0.3) is 11.0 Å². The molecule has 4 atom stereocenters. The molecule has 3 heterocycles. The number of carbonyl (C=O) groups is 1. The number of piperidine rings is 1. The normalized spacial score (nSPS) is 27.5. The Labute approximate surface area is 163 Å². The summed E-state index contributed by atoms with van der Waals surface area (Å²) in [6, 6.07) is 5.55. The monoisotopic (exact) mass is 380 g/mol. The summed E-state index contributed by atoms with van der Waals surface area (Å²) in [5.41, 5.74) is 2.75. The molecule has 1 aromatic carbocycles. The number of rotatable bonds is 3. The van der Waals surface area contributed by atoms with Crippen LogP contribution in [0.15, 0.2) is 24.5 Å². The first-order valence-corrected chi connectivity index (χ1v) is 9.65. The van der Waals surface area contributed by atoms with Crippen LogP contribution in [0.5, 0.6) is 0 Å². The fourth-order valence-corrected chi connectivity index (χ4v) is 4.26. The van der Waals surface area contributed by atoms with E-state index < -0.39 is 6.10 Å². The number of fused-ring (bicyclic) bond motifs is 1. The fourth-order valence-electron chi connectivity index (χ4n) is 4.26. The van der Waals surface area contributed by atoms with Crippen molar-refractivity contribution in [3.63, 3.8) is 0 Å². The van der Waals surface area contributed by atoms with Gasteiger partial charge in [0.25, 0.3) is 0 Å². The molecule has 0 saturated carbocycles. The second kappa shape index (κ2) is 7.70. The van der Waals surface area contributed by atoms with Gasteiger partial charge in [0.05, 0.1) is 23.4 Å². The molecule has 4 rings (SSSR count). The molecular weight excluding hydrogens is 356 g/mol. The van der Waals surface area contributed by atoms with E-state index in [-0.39, 0.29) is 18.0 Å². The fraction of sp³-hybridized carbons (Fsp3) is 0.500. The van der Waals surface area contributed by atoms with Gasteiger partial charge in [-0.15, -0.1) is 0 Å². The minimum absolute atomic E-state index is 0.0122. The molecule has 146 valence electrons. The number of anilines is 1. The number of nitriles is 1. The number of carbonyl (C=O) groups excluding carboxylic acids is 1. The van der Waals surface area contributed by atoms with Gasteiger partial charge in [-0.25, -0.2) is 0 Å². The van der Waals surface area contributed by atoms with Crippen molar-refractivity contribution in [2.45, 2.75) is 38.0 Å². The second-order valence-electron chi connectivity index (χ2n) is 7.80. The Balaban J connectivity index is 1.55. The van der Waals surface area contributed by atoms with Crippen LogP contribution in [-0.2, 0) is 4.79 Å². The molecule has 2 saturated heterocycles. The molecule has 2 aliphatic heterocycles. The summed E-state index contributed by atoms with van der Waals surface area (Å²) >= 11 is 0. The lowest BCUT2D eigenvalue weighted by atomic mass is 9.94. The van der Waals surface area contributed by atoms with Gasteiger partial charge in [-0.1, -0.05) is 6.92 Å². The number of β-amino-alcohol motifs (C(OH)–C–C–N with tert-alkyl or cyclic N) is 1. The number of nitrogens with one attached hydrogen (secondary N) is 2. The highest BCUT2D eigenvalue weighted by molar-refractivity contribution is 5.92. The van der Waals surface area contributed by atoms with E-state index in [0.29, 0.717) is 42.0 Å². The lowest BCUT2D eigenvalue weighted by Gasteiger charge is -2.38. The third-order valence-electron chi connectivity index (χ3n) is 5.50. The maximum Gasteiger partial charge on any atom is 0.237 e. The highest BCUT2D eigenvalue weighted by Crippen LogP contribution is 2.30. The van der Waals surface area contributed by atoms with Crippen molar-refractivity contribution in [1.82, 2.24) is 20.6 Å². The van der Waals surface area contributed by atoms with Gasteiger partial charge in [-0.3, -0.25) is 14.8 Å². The number of aliphatic hydroxyl groups excluding tert-OH is 1. The van der Waals surface area contributed by atoms with Crippen LogP contribution < -0.4 is 15.5 Å². The molecule has 2 aliphatic rings.